The molecule has 1 aliphatic carbocycles. The lowest BCUT2D eigenvalue weighted by Gasteiger charge is -2.28. The molecule has 3 rings (SSSR count). The van der Waals surface area contributed by atoms with Crippen molar-refractivity contribution >= 4 is 16.9 Å². The number of thioether (sulfide) groups is 1. The normalized spacial score (nSPS) is 37.3. The Morgan fingerprint density at radius 2 is 2.00 bits per heavy atom. The van der Waals surface area contributed by atoms with Gasteiger partial charge in [-0.2, -0.15) is 0 Å². The molecule has 1 aliphatic heterocycles. The van der Waals surface area contributed by atoms with Gasteiger partial charge in [0.1, 0.15) is 0 Å². The number of hydrogen-bond acceptors (Lipinski definition) is 2. The van der Waals surface area contributed by atoms with E-state index in [-0.39, 0.29) is 0 Å². The van der Waals surface area contributed by atoms with Gasteiger partial charge in [-0.1, -0.05) is 49.0 Å². The zero-order valence-electron chi connectivity index (χ0n) is 11.0. The smallest absolute Gasteiger partial charge is 0.157 e. The summed E-state index contributed by atoms with van der Waals surface area (Å²) < 4.78 is 0. The van der Waals surface area contributed by atoms with Crippen molar-refractivity contribution < 1.29 is 0 Å². The van der Waals surface area contributed by atoms with Crippen LogP contribution in [0.15, 0.2) is 35.3 Å². The number of aliphatic imine (C=N–C) groups is 1. The minimum Gasteiger partial charge on any atom is -0.362 e. The number of nitrogens with one attached hydrogen (secondary N) is 1. The molecule has 0 spiro atoms. The second-order valence-corrected chi connectivity index (χ2v) is 6.48. The van der Waals surface area contributed by atoms with Gasteiger partial charge in [-0.15, -0.1) is 0 Å². The molecule has 0 radical (unpaired) electrons. The molecule has 1 saturated heterocycles. The second-order valence-electron chi connectivity index (χ2n) is 5.48. The Morgan fingerprint density at radius 1 is 1.22 bits per heavy atom. The topological polar surface area (TPSA) is 24.4 Å². The van der Waals surface area contributed by atoms with Gasteiger partial charge in [0.2, 0.25) is 0 Å². The first-order valence-corrected chi connectivity index (χ1v) is 7.74. The fraction of sp³-hybridized carbons (Fsp3) is 0.533. The molecule has 1 aromatic carbocycles. The van der Waals surface area contributed by atoms with E-state index < -0.39 is 0 Å². The molecule has 0 amide bonds. The quantitative estimate of drug-likeness (QED) is 0.882. The lowest BCUT2D eigenvalue weighted by atomic mass is 10.1. The highest BCUT2D eigenvalue weighted by atomic mass is 32.2. The van der Waals surface area contributed by atoms with Crippen molar-refractivity contribution in [2.45, 2.75) is 38.3 Å². The molecule has 2 aliphatic rings. The molecule has 1 aromatic rings. The van der Waals surface area contributed by atoms with Crippen LogP contribution in [0.1, 0.15) is 31.7 Å². The van der Waals surface area contributed by atoms with Crippen LogP contribution in [-0.2, 0) is 0 Å². The molecule has 96 valence electrons. The first-order valence-electron chi connectivity index (χ1n) is 6.76. The minimum absolute atomic E-state index is 0.503. The van der Waals surface area contributed by atoms with E-state index in [0.29, 0.717) is 18.0 Å². The van der Waals surface area contributed by atoms with E-state index in [1.165, 1.54) is 17.7 Å². The Bertz CT molecular complexity index is 443. The second kappa shape index (κ2) is 4.96. The molecule has 4 atom stereocenters. The van der Waals surface area contributed by atoms with Gasteiger partial charge >= 0.3 is 0 Å². The summed E-state index contributed by atoms with van der Waals surface area (Å²) in [6, 6.07) is 11.8. The Kier molecular flexibility index (Phi) is 3.33. The number of hydrogen-bond donors (Lipinski definition) is 1. The predicted octanol–water partition coefficient (Wildman–Crippen LogP) is 3.26. The summed E-state index contributed by atoms with van der Waals surface area (Å²) in [4.78, 5) is 4.86. The van der Waals surface area contributed by atoms with Crippen LogP contribution in [0.3, 0.4) is 0 Å². The van der Waals surface area contributed by atoms with Crippen molar-refractivity contribution in [3.8, 4) is 0 Å². The van der Waals surface area contributed by atoms with Crippen molar-refractivity contribution in [1.29, 1.82) is 0 Å². The van der Waals surface area contributed by atoms with Gasteiger partial charge in [-0.05, 0) is 24.8 Å². The average molecular weight is 260 g/mol. The van der Waals surface area contributed by atoms with Crippen LogP contribution in [0.25, 0.3) is 0 Å². The number of nitrogens with zero attached hydrogens (tertiary/aromatic N) is 1. The fourth-order valence-corrected chi connectivity index (χ4v) is 3.53. The van der Waals surface area contributed by atoms with E-state index in [1.807, 2.05) is 11.8 Å². The molecule has 18 heavy (non-hydrogen) atoms. The molecule has 1 heterocycles. The molecule has 1 N–H and O–H groups in total. The van der Waals surface area contributed by atoms with Gasteiger partial charge in [-0.3, -0.25) is 4.99 Å². The fourth-order valence-electron chi connectivity index (χ4n) is 2.34. The van der Waals surface area contributed by atoms with Crippen LogP contribution in [0, 0.1) is 5.92 Å². The third kappa shape index (κ3) is 2.56. The van der Waals surface area contributed by atoms with Crippen molar-refractivity contribution in [1.82, 2.24) is 5.32 Å². The van der Waals surface area contributed by atoms with Crippen LogP contribution in [0.2, 0.25) is 0 Å². The van der Waals surface area contributed by atoms with Crippen molar-refractivity contribution in [3.05, 3.63) is 35.9 Å². The van der Waals surface area contributed by atoms with E-state index in [4.69, 9.17) is 4.99 Å². The van der Waals surface area contributed by atoms with E-state index in [2.05, 4.69) is 49.5 Å². The van der Waals surface area contributed by atoms with E-state index in [9.17, 15) is 0 Å². The van der Waals surface area contributed by atoms with Crippen LogP contribution in [0.4, 0.5) is 0 Å². The lowest BCUT2D eigenvalue weighted by molar-refractivity contribution is 0.490. The van der Waals surface area contributed by atoms with Gasteiger partial charge in [0.15, 0.2) is 5.17 Å². The average Bonchev–Trinajstić information content (AvgIpc) is 3.14. The Hall–Kier alpha value is -0.960. The maximum atomic E-state index is 4.86. The van der Waals surface area contributed by atoms with Gasteiger partial charge < -0.3 is 5.32 Å². The maximum absolute atomic E-state index is 4.86. The molecule has 1 saturated carbocycles. The third-order valence-corrected chi connectivity index (χ3v) is 5.14. The monoisotopic (exact) mass is 260 g/mol. The molecule has 4 unspecified atom stereocenters. The largest absolute Gasteiger partial charge is 0.362 e. The number of amidine groups is 1. The summed E-state index contributed by atoms with van der Waals surface area (Å²) in [6.45, 7) is 4.55. The number of benzene rings is 1. The first kappa shape index (κ1) is 12.1. The highest BCUT2D eigenvalue weighted by molar-refractivity contribution is 8.13. The zero-order valence-corrected chi connectivity index (χ0v) is 11.8. The van der Waals surface area contributed by atoms with E-state index in [0.717, 1.165) is 11.1 Å². The molecular formula is C15H20N2S. The lowest BCUT2D eigenvalue weighted by Crippen LogP contribution is -2.41. The van der Waals surface area contributed by atoms with Gasteiger partial charge in [0, 0.05) is 17.7 Å². The number of rotatable bonds is 2. The van der Waals surface area contributed by atoms with Crippen molar-refractivity contribution in [3.63, 3.8) is 0 Å². The van der Waals surface area contributed by atoms with E-state index >= 15 is 0 Å². The maximum Gasteiger partial charge on any atom is 0.157 e. The summed E-state index contributed by atoms with van der Waals surface area (Å²) in [5, 5.41) is 4.68. The predicted molar refractivity (Wildman–Crippen MR) is 79.2 cm³/mol. The standard InChI is InChI=1S/C15H20N2S/c1-10-9-18-15(16-11(10)2)17-14-8-13(14)12-6-4-3-5-7-12/h3-7,10-11,13-14H,8-9H2,1-2H3,(H,16,17). The summed E-state index contributed by atoms with van der Waals surface area (Å²) in [6.07, 6.45) is 1.21. The zero-order chi connectivity index (χ0) is 12.5. The molecule has 0 bridgehead atoms. The SMILES string of the molecule is CC1CSC(=NC2CC2c2ccccc2)NC1C. The Morgan fingerprint density at radius 3 is 2.72 bits per heavy atom. The Labute approximate surface area is 113 Å². The van der Waals surface area contributed by atoms with Crippen molar-refractivity contribution in [2.75, 3.05) is 5.75 Å². The minimum atomic E-state index is 0.503. The molecule has 0 aromatic heterocycles. The molecule has 2 fully saturated rings. The highest BCUT2D eigenvalue weighted by Gasteiger charge is 2.39. The molecular weight excluding hydrogens is 240 g/mol. The van der Waals surface area contributed by atoms with Crippen molar-refractivity contribution in [2.24, 2.45) is 10.9 Å². The third-order valence-electron chi connectivity index (χ3n) is 3.96. The first-order chi connectivity index (χ1) is 8.74. The molecule has 2 nitrogen and oxygen atoms in total. The van der Waals surface area contributed by atoms with Crippen LogP contribution in [0.5, 0.6) is 0 Å². The van der Waals surface area contributed by atoms with E-state index in [1.54, 1.807) is 0 Å². The van der Waals surface area contributed by atoms with Crippen LogP contribution in [-0.4, -0.2) is 23.0 Å². The summed E-state index contributed by atoms with van der Waals surface area (Å²) >= 11 is 1.88. The van der Waals surface area contributed by atoms with Gasteiger partial charge in [-0.25, -0.2) is 0 Å². The van der Waals surface area contributed by atoms with Gasteiger partial charge in [0.25, 0.3) is 0 Å². The van der Waals surface area contributed by atoms with Crippen LogP contribution < -0.4 is 5.32 Å². The Balaban J connectivity index is 1.62. The highest BCUT2D eigenvalue weighted by Crippen LogP contribution is 2.43. The summed E-state index contributed by atoms with van der Waals surface area (Å²) in [5.74, 6) is 2.57. The van der Waals surface area contributed by atoms with Gasteiger partial charge in [0.05, 0.1) is 6.04 Å². The molecule has 3 heteroatoms. The van der Waals surface area contributed by atoms with Crippen LogP contribution >= 0.6 is 11.8 Å². The summed E-state index contributed by atoms with van der Waals surface area (Å²) in [7, 11) is 0. The summed E-state index contributed by atoms with van der Waals surface area (Å²) in [5.41, 5.74) is 1.44.